The van der Waals surface area contributed by atoms with Crippen molar-refractivity contribution in [3.05, 3.63) is 29.8 Å². The summed E-state index contributed by atoms with van der Waals surface area (Å²) in [6, 6.07) is 7.91. The van der Waals surface area contributed by atoms with E-state index in [-0.39, 0.29) is 11.8 Å². The minimum Gasteiger partial charge on any atom is -0.325 e. The number of piperidine rings is 1. The summed E-state index contributed by atoms with van der Waals surface area (Å²) >= 11 is 0. The number of benzene rings is 1. The molecule has 114 valence electrons. The number of likely N-dealkylation sites (tertiary alicyclic amines) is 1. The fourth-order valence-electron chi connectivity index (χ4n) is 2.85. The smallest absolute Gasteiger partial charge is 0.238 e. The Kier molecular flexibility index (Phi) is 5.51. The molecule has 0 spiro atoms. The van der Waals surface area contributed by atoms with E-state index in [1.54, 1.807) is 0 Å². The zero-order valence-electron chi connectivity index (χ0n) is 12.8. The van der Waals surface area contributed by atoms with Gasteiger partial charge in [-0.15, -0.1) is 0 Å². The second-order valence-corrected chi connectivity index (χ2v) is 6.06. The number of nitrogens with one attached hydrogen (secondary N) is 1. The van der Waals surface area contributed by atoms with Gasteiger partial charge in [0.05, 0.1) is 6.54 Å². The molecule has 1 fully saturated rings. The van der Waals surface area contributed by atoms with Gasteiger partial charge in [-0.1, -0.05) is 32.0 Å². The summed E-state index contributed by atoms with van der Waals surface area (Å²) in [4.78, 5) is 25.1. The lowest BCUT2D eigenvalue weighted by Gasteiger charge is -2.29. The first-order chi connectivity index (χ1) is 10.1. The quantitative estimate of drug-likeness (QED) is 0.847. The van der Waals surface area contributed by atoms with Crippen molar-refractivity contribution in [3.63, 3.8) is 0 Å². The highest BCUT2D eigenvalue weighted by Gasteiger charge is 2.21. The molecule has 1 aliphatic heterocycles. The number of hydrogen-bond acceptors (Lipinski definition) is 3. The maximum atomic E-state index is 12.2. The maximum absolute atomic E-state index is 12.2. The van der Waals surface area contributed by atoms with E-state index in [0.717, 1.165) is 36.9 Å². The van der Waals surface area contributed by atoms with Crippen molar-refractivity contribution in [1.29, 1.82) is 0 Å². The number of amides is 1. The Morgan fingerprint density at radius 3 is 2.90 bits per heavy atom. The van der Waals surface area contributed by atoms with Crippen LogP contribution in [0.3, 0.4) is 0 Å². The Hall–Kier alpha value is -1.68. The van der Waals surface area contributed by atoms with Crippen molar-refractivity contribution in [1.82, 2.24) is 4.90 Å². The number of anilines is 1. The summed E-state index contributed by atoms with van der Waals surface area (Å²) in [5, 5.41) is 3.00. The molecule has 1 N–H and O–H groups in total. The predicted molar refractivity (Wildman–Crippen MR) is 84.4 cm³/mol. The predicted octanol–water partition coefficient (Wildman–Crippen LogP) is 2.66. The van der Waals surface area contributed by atoms with Gasteiger partial charge in [0, 0.05) is 18.2 Å². The van der Waals surface area contributed by atoms with Gasteiger partial charge in [-0.2, -0.15) is 0 Å². The molecule has 0 aliphatic carbocycles. The van der Waals surface area contributed by atoms with Crippen LogP contribution in [0.25, 0.3) is 0 Å². The average Bonchev–Trinajstić information content (AvgIpc) is 2.47. The third-order valence-corrected chi connectivity index (χ3v) is 3.96. The van der Waals surface area contributed by atoms with E-state index in [2.05, 4.69) is 24.1 Å². The monoisotopic (exact) mass is 288 g/mol. The highest BCUT2D eigenvalue weighted by atomic mass is 16.2. The fourth-order valence-corrected chi connectivity index (χ4v) is 2.85. The van der Waals surface area contributed by atoms with E-state index in [4.69, 9.17) is 0 Å². The van der Waals surface area contributed by atoms with Gasteiger partial charge in [0.15, 0.2) is 0 Å². The van der Waals surface area contributed by atoms with Gasteiger partial charge in [-0.3, -0.25) is 9.69 Å². The zero-order valence-corrected chi connectivity index (χ0v) is 12.8. The second-order valence-electron chi connectivity index (χ2n) is 6.06. The molecule has 2 rings (SSSR count). The van der Waals surface area contributed by atoms with E-state index in [0.29, 0.717) is 19.0 Å². The van der Waals surface area contributed by atoms with Crippen LogP contribution in [-0.2, 0) is 9.59 Å². The number of hydrogen-bond donors (Lipinski definition) is 1. The molecular formula is C17H24N2O2. The molecule has 1 unspecified atom stereocenters. The van der Waals surface area contributed by atoms with Gasteiger partial charge in [0.1, 0.15) is 6.29 Å². The lowest BCUT2D eigenvalue weighted by atomic mass is 9.99. The normalized spacial score (nSPS) is 19.5. The molecule has 0 saturated carbocycles. The van der Waals surface area contributed by atoms with Gasteiger partial charge in [-0.05, 0) is 36.9 Å². The molecule has 1 amide bonds. The van der Waals surface area contributed by atoms with Gasteiger partial charge in [0.2, 0.25) is 5.91 Å². The number of carbonyl (C=O) groups excluding carboxylic acids is 2. The second kappa shape index (κ2) is 7.36. The largest absolute Gasteiger partial charge is 0.325 e. The van der Waals surface area contributed by atoms with E-state index < -0.39 is 0 Å². The Balaban J connectivity index is 1.94. The van der Waals surface area contributed by atoms with Gasteiger partial charge >= 0.3 is 0 Å². The van der Waals surface area contributed by atoms with E-state index in [9.17, 15) is 9.59 Å². The highest BCUT2D eigenvalue weighted by Crippen LogP contribution is 2.23. The summed E-state index contributed by atoms with van der Waals surface area (Å²) in [6.45, 7) is 6.18. The molecule has 1 aromatic rings. The van der Waals surface area contributed by atoms with Crippen molar-refractivity contribution in [2.75, 3.05) is 25.0 Å². The highest BCUT2D eigenvalue weighted by molar-refractivity contribution is 5.93. The number of para-hydroxylation sites is 1. The molecule has 1 atom stereocenters. The SMILES string of the molecule is CC(C)c1ccccc1NC(=O)CN1CCCC(C=O)C1. The van der Waals surface area contributed by atoms with Crippen molar-refractivity contribution >= 4 is 17.9 Å². The molecule has 1 heterocycles. The summed E-state index contributed by atoms with van der Waals surface area (Å²) < 4.78 is 0. The first-order valence-electron chi connectivity index (χ1n) is 7.66. The van der Waals surface area contributed by atoms with Crippen LogP contribution < -0.4 is 5.32 Å². The average molecular weight is 288 g/mol. The first-order valence-corrected chi connectivity index (χ1v) is 7.66. The Morgan fingerprint density at radius 2 is 2.19 bits per heavy atom. The zero-order chi connectivity index (χ0) is 15.2. The van der Waals surface area contributed by atoms with Crippen molar-refractivity contribution < 1.29 is 9.59 Å². The standard InChI is InChI=1S/C17H24N2O2/c1-13(2)15-7-3-4-8-16(15)18-17(21)11-19-9-5-6-14(10-19)12-20/h3-4,7-8,12-14H,5-6,9-11H2,1-2H3,(H,18,21). The Bertz CT molecular complexity index is 499. The van der Waals surface area contributed by atoms with Gasteiger partial charge in [0.25, 0.3) is 0 Å². The van der Waals surface area contributed by atoms with E-state index in [1.807, 2.05) is 24.3 Å². The number of nitrogens with zero attached hydrogens (tertiary/aromatic N) is 1. The lowest BCUT2D eigenvalue weighted by molar-refractivity contribution is -0.119. The molecule has 4 heteroatoms. The molecule has 1 aromatic carbocycles. The molecule has 21 heavy (non-hydrogen) atoms. The third kappa shape index (κ3) is 4.39. The lowest BCUT2D eigenvalue weighted by Crippen LogP contribution is -2.40. The van der Waals surface area contributed by atoms with Crippen LogP contribution in [0.2, 0.25) is 0 Å². The molecule has 4 nitrogen and oxygen atoms in total. The molecule has 1 saturated heterocycles. The van der Waals surface area contributed by atoms with Crippen molar-refractivity contribution in [2.24, 2.45) is 5.92 Å². The minimum atomic E-state index is -0.00495. The first kappa shape index (κ1) is 15.7. The van der Waals surface area contributed by atoms with Crippen molar-refractivity contribution in [3.8, 4) is 0 Å². The summed E-state index contributed by atoms with van der Waals surface area (Å²) in [6.07, 6.45) is 2.94. The molecule has 0 radical (unpaired) electrons. The minimum absolute atomic E-state index is 0.00495. The number of carbonyl (C=O) groups is 2. The summed E-state index contributed by atoms with van der Waals surface area (Å²) in [5.41, 5.74) is 2.04. The number of aldehydes is 1. The Labute approximate surface area is 126 Å². The Morgan fingerprint density at radius 1 is 1.43 bits per heavy atom. The number of rotatable bonds is 5. The topological polar surface area (TPSA) is 49.4 Å². The van der Waals surface area contributed by atoms with Crippen LogP contribution in [0.1, 0.15) is 38.2 Å². The summed E-state index contributed by atoms with van der Waals surface area (Å²) in [7, 11) is 0. The van der Waals surface area contributed by atoms with Crippen LogP contribution in [0, 0.1) is 5.92 Å². The van der Waals surface area contributed by atoms with Crippen LogP contribution in [-0.4, -0.2) is 36.7 Å². The molecule has 0 bridgehead atoms. The van der Waals surface area contributed by atoms with Gasteiger partial charge in [-0.25, -0.2) is 0 Å². The maximum Gasteiger partial charge on any atom is 0.238 e. The molecule has 1 aliphatic rings. The van der Waals surface area contributed by atoms with Crippen LogP contribution in [0.4, 0.5) is 5.69 Å². The molecule has 0 aromatic heterocycles. The van der Waals surface area contributed by atoms with E-state index >= 15 is 0 Å². The third-order valence-electron chi connectivity index (χ3n) is 3.96. The van der Waals surface area contributed by atoms with Crippen LogP contribution in [0.15, 0.2) is 24.3 Å². The van der Waals surface area contributed by atoms with Gasteiger partial charge < -0.3 is 10.1 Å². The summed E-state index contributed by atoms with van der Waals surface area (Å²) in [5.74, 6) is 0.445. The molecular weight excluding hydrogens is 264 g/mol. The van der Waals surface area contributed by atoms with E-state index in [1.165, 1.54) is 0 Å². The van der Waals surface area contributed by atoms with Crippen LogP contribution >= 0.6 is 0 Å². The van der Waals surface area contributed by atoms with Crippen molar-refractivity contribution in [2.45, 2.75) is 32.6 Å². The van der Waals surface area contributed by atoms with Crippen LogP contribution in [0.5, 0.6) is 0 Å². The fraction of sp³-hybridized carbons (Fsp3) is 0.529.